The average Bonchev–Trinajstić information content (AvgIpc) is 3.59. The summed E-state index contributed by atoms with van der Waals surface area (Å²) in [5.41, 5.74) is 1.62. The molecular formula is C42H49N3O10S. The lowest BCUT2D eigenvalue weighted by Crippen LogP contribution is -2.46. The summed E-state index contributed by atoms with van der Waals surface area (Å²) >= 11 is 1.32. The zero-order valence-corrected chi connectivity index (χ0v) is 32.2. The number of allylic oxidation sites excluding steroid dienone is 1. The van der Waals surface area contributed by atoms with Crippen LogP contribution >= 0.6 is 11.3 Å². The highest BCUT2D eigenvalue weighted by Gasteiger charge is 2.27. The van der Waals surface area contributed by atoms with Gasteiger partial charge in [0, 0.05) is 45.6 Å². The van der Waals surface area contributed by atoms with E-state index >= 15 is 0 Å². The fourth-order valence-electron chi connectivity index (χ4n) is 6.20. The molecule has 56 heavy (non-hydrogen) atoms. The molecule has 3 aromatic carbocycles. The van der Waals surface area contributed by atoms with E-state index in [1.165, 1.54) is 36.7 Å². The van der Waals surface area contributed by atoms with Crippen LogP contribution in [0.15, 0.2) is 78.9 Å². The summed E-state index contributed by atoms with van der Waals surface area (Å²) < 4.78 is 17.3. The van der Waals surface area contributed by atoms with Crippen LogP contribution in [0.3, 0.4) is 0 Å². The van der Waals surface area contributed by atoms with Crippen molar-refractivity contribution in [2.24, 2.45) is 0 Å². The van der Waals surface area contributed by atoms with Crippen molar-refractivity contribution in [3.8, 4) is 27.7 Å². The van der Waals surface area contributed by atoms with Gasteiger partial charge in [-0.2, -0.15) is 0 Å². The van der Waals surface area contributed by atoms with Crippen LogP contribution in [0.2, 0.25) is 0 Å². The molecule has 1 fully saturated rings. The Kier molecular flexibility index (Phi) is 15.8. The van der Waals surface area contributed by atoms with Crippen LogP contribution in [0.1, 0.15) is 61.4 Å². The van der Waals surface area contributed by atoms with E-state index in [-0.39, 0.29) is 42.6 Å². The molecule has 1 saturated heterocycles. The number of aliphatic hydroxyl groups is 2. The highest BCUT2D eigenvalue weighted by molar-refractivity contribution is 7.22. The third-order valence-electron chi connectivity index (χ3n) is 9.20. The first kappa shape index (κ1) is 41.9. The molecule has 0 bridgehead atoms. The molecule has 0 saturated carbocycles. The number of esters is 1. The van der Waals surface area contributed by atoms with Gasteiger partial charge in [-0.25, -0.2) is 9.59 Å². The summed E-state index contributed by atoms with van der Waals surface area (Å²) in [6.07, 6.45) is 5.98. The van der Waals surface area contributed by atoms with E-state index in [9.17, 15) is 34.5 Å². The maximum atomic E-state index is 14.2. The first-order valence-corrected chi connectivity index (χ1v) is 19.7. The van der Waals surface area contributed by atoms with Crippen LogP contribution in [-0.2, 0) is 14.3 Å². The number of phenolic OH excluding ortho intramolecular Hbond substituents is 1. The number of aromatic hydroxyl groups is 1. The zero-order chi connectivity index (χ0) is 39.9. The van der Waals surface area contributed by atoms with Gasteiger partial charge >= 0.3 is 12.1 Å². The number of carbonyl (C=O) groups excluding carboxylic acids is 4. The maximum Gasteiger partial charge on any atom is 0.413 e. The Balaban J connectivity index is 1.32. The number of amides is 2. The number of piperidine rings is 1. The summed E-state index contributed by atoms with van der Waals surface area (Å²) in [5, 5.41) is 34.5. The summed E-state index contributed by atoms with van der Waals surface area (Å²) in [5.74, 6) is -0.532. The number of ether oxygens (including phenoxy) is 3. The summed E-state index contributed by atoms with van der Waals surface area (Å²) in [6, 6.07) is 17.2. The second kappa shape index (κ2) is 21.1. The number of nitrogens with zero attached hydrogens (tertiary/aromatic N) is 1. The predicted molar refractivity (Wildman–Crippen MR) is 213 cm³/mol. The third kappa shape index (κ3) is 11.9. The molecule has 1 aromatic heterocycles. The Morgan fingerprint density at radius 2 is 1.62 bits per heavy atom. The van der Waals surface area contributed by atoms with Crippen LogP contribution in [0.4, 0.5) is 4.79 Å². The molecule has 0 radical (unpaired) electrons. The molecule has 5 N–H and O–H groups in total. The van der Waals surface area contributed by atoms with Crippen molar-refractivity contribution in [1.82, 2.24) is 15.5 Å². The molecule has 0 spiro atoms. The van der Waals surface area contributed by atoms with Gasteiger partial charge < -0.3 is 40.2 Å². The number of hydrogen-bond donors (Lipinski definition) is 5. The molecular weight excluding hydrogens is 739 g/mol. The van der Waals surface area contributed by atoms with Gasteiger partial charge in [-0.1, -0.05) is 25.5 Å². The second-order valence-electron chi connectivity index (χ2n) is 13.3. The van der Waals surface area contributed by atoms with Crippen molar-refractivity contribution in [3.05, 3.63) is 90.0 Å². The Morgan fingerprint density at radius 1 is 0.911 bits per heavy atom. The number of thiophene rings is 1. The van der Waals surface area contributed by atoms with Crippen molar-refractivity contribution < 1.29 is 48.7 Å². The van der Waals surface area contributed by atoms with Crippen molar-refractivity contribution in [1.29, 1.82) is 0 Å². The van der Waals surface area contributed by atoms with Gasteiger partial charge in [0.2, 0.25) is 5.91 Å². The lowest BCUT2D eigenvalue weighted by Gasteiger charge is -2.26. The molecule has 2 heterocycles. The standard InChI is InChI=1S/C42H49N3O10S/c1-2-3-5-8-37(49)43-20-19-35(41(51)54-33(26-46)27-47)44-42(52)55-32-17-18-34-36(25-32)56-40(29-9-13-30(48)14-10-29)38(34)39(50)28-11-15-31(16-12-28)53-24-23-45-21-6-4-7-22-45/h3,5,9-18,25,33,35,46-48H,2,4,6-8,19-24,26-27H2,1H3,(H,43,49)(H,44,52)/b5-3-. The maximum absolute atomic E-state index is 14.2. The number of hydrogen-bond acceptors (Lipinski definition) is 12. The molecule has 1 aliphatic rings. The average molecular weight is 788 g/mol. The normalized spacial score (nSPS) is 13.8. The second-order valence-corrected chi connectivity index (χ2v) is 14.4. The molecule has 0 aliphatic carbocycles. The summed E-state index contributed by atoms with van der Waals surface area (Å²) in [4.78, 5) is 55.5. The highest BCUT2D eigenvalue weighted by Crippen LogP contribution is 2.41. The Bertz CT molecular complexity index is 1950. The van der Waals surface area contributed by atoms with Crippen molar-refractivity contribution in [3.63, 3.8) is 0 Å². The van der Waals surface area contributed by atoms with E-state index in [1.807, 2.05) is 13.0 Å². The van der Waals surface area contributed by atoms with Crippen LogP contribution in [0.5, 0.6) is 17.2 Å². The van der Waals surface area contributed by atoms with E-state index in [1.54, 1.807) is 66.7 Å². The molecule has 4 aromatic rings. The van der Waals surface area contributed by atoms with Gasteiger partial charge in [-0.05, 0) is 111 Å². The molecule has 1 unspecified atom stereocenters. The van der Waals surface area contributed by atoms with Crippen molar-refractivity contribution in [2.45, 2.75) is 57.6 Å². The Morgan fingerprint density at radius 3 is 2.32 bits per heavy atom. The van der Waals surface area contributed by atoms with Crippen LogP contribution < -0.4 is 20.1 Å². The number of aliphatic hydroxyl groups excluding tert-OH is 2. The number of phenols is 1. The minimum atomic E-state index is -1.28. The monoisotopic (exact) mass is 787 g/mol. The Labute approximate surface area is 329 Å². The van der Waals surface area contributed by atoms with Crippen molar-refractivity contribution in [2.75, 3.05) is 46.0 Å². The largest absolute Gasteiger partial charge is 0.508 e. The Hall–Kier alpha value is -5.28. The topological polar surface area (TPSA) is 184 Å². The molecule has 1 atom stereocenters. The number of likely N-dealkylation sites (tertiary alicyclic amines) is 1. The fourth-order valence-corrected chi connectivity index (χ4v) is 7.43. The van der Waals surface area contributed by atoms with E-state index < -0.39 is 37.4 Å². The van der Waals surface area contributed by atoms with E-state index in [0.29, 0.717) is 44.0 Å². The number of ketones is 1. The minimum Gasteiger partial charge on any atom is -0.508 e. The van der Waals surface area contributed by atoms with Crippen molar-refractivity contribution >= 4 is 45.2 Å². The van der Waals surface area contributed by atoms with Crippen LogP contribution in [0, 0.1) is 0 Å². The highest BCUT2D eigenvalue weighted by atomic mass is 32.1. The predicted octanol–water partition coefficient (Wildman–Crippen LogP) is 5.59. The molecule has 13 nitrogen and oxygen atoms in total. The minimum absolute atomic E-state index is 0.0221. The first-order valence-electron chi connectivity index (χ1n) is 18.9. The first-order chi connectivity index (χ1) is 27.2. The van der Waals surface area contributed by atoms with Gasteiger partial charge in [0.25, 0.3) is 0 Å². The lowest BCUT2D eigenvalue weighted by atomic mass is 9.97. The van der Waals surface area contributed by atoms with E-state index in [0.717, 1.165) is 26.1 Å². The fraction of sp³-hybridized carbons (Fsp3) is 0.381. The summed E-state index contributed by atoms with van der Waals surface area (Å²) in [6.45, 7) is 4.30. The molecule has 298 valence electrons. The van der Waals surface area contributed by atoms with Crippen LogP contribution in [-0.4, -0.2) is 102 Å². The summed E-state index contributed by atoms with van der Waals surface area (Å²) in [7, 11) is 0. The molecule has 14 heteroatoms. The SMILES string of the molecule is CC/C=C\CC(=O)NCCC(NC(=O)Oc1ccc2c(C(=O)c3ccc(OCCN4CCCCC4)cc3)c(-c3ccc(O)cc3)sc2c1)C(=O)OC(CO)CO. The number of fused-ring (bicyclic) bond motifs is 1. The number of nitrogens with one attached hydrogen (secondary N) is 2. The van der Waals surface area contributed by atoms with Gasteiger partial charge in [-0.3, -0.25) is 14.5 Å². The van der Waals surface area contributed by atoms with Crippen LogP contribution in [0.25, 0.3) is 20.5 Å². The quantitative estimate of drug-likeness (QED) is 0.0454. The van der Waals surface area contributed by atoms with E-state index in [4.69, 9.17) is 14.2 Å². The van der Waals surface area contributed by atoms with Gasteiger partial charge in [0.15, 0.2) is 5.78 Å². The van der Waals surface area contributed by atoms with E-state index in [2.05, 4.69) is 15.5 Å². The van der Waals surface area contributed by atoms with Gasteiger partial charge in [0.05, 0.1) is 13.2 Å². The number of carbonyl (C=O) groups is 4. The lowest BCUT2D eigenvalue weighted by molar-refractivity contribution is -0.156. The third-order valence-corrected chi connectivity index (χ3v) is 10.4. The smallest absolute Gasteiger partial charge is 0.413 e. The van der Waals surface area contributed by atoms with Gasteiger partial charge in [0.1, 0.15) is 36.0 Å². The van der Waals surface area contributed by atoms with Gasteiger partial charge in [-0.15, -0.1) is 11.3 Å². The number of benzene rings is 3. The zero-order valence-electron chi connectivity index (χ0n) is 31.4. The molecule has 5 rings (SSSR count). The molecule has 2 amide bonds. The molecule has 1 aliphatic heterocycles. The number of rotatable bonds is 19.